The van der Waals surface area contributed by atoms with Crippen LogP contribution in [0.25, 0.3) is 0 Å². The van der Waals surface area contributed by atoms with Gasteiger partial charge in [0.05, 0.1) is 13.2 Å². The maximum absolute atomic E-state index is 13.6. The lowest BCUT2D eigenvalue weighted by Crippen LogP contribution is -2.54. The lowest BCUT2D eigenvalue weighted by atomic mass is 10.1. The normalized spacial score (nSPS) is 14.2. The predicted octanol–water partition coefficient (Wildman–Crippen LogP) is 5.89. The standard InChI is InChI=1S/C28H30F7NO7/c1-2-40-23(24(37)38)16-18-6-9-21(10-7-18)41-14-12-36(13-15-42-28(34,35)26(29,30)27(31,32)33)25(39)43-22-11-8-19-4-3-5-20(19)17-22/h6-11,17,23H,2-5,12-16H2,1H3,(H,37,38). The molecular weight excluding hydrogens is 595 g/mol. The number of alkyl halides is 7. The summed E-state index contributed by atoms with van der Waals surface area (Å²) in [7, 11) is 0. The molecule has 0 heterocycles. The average molecular weight is 626 g/mol. The number of carbonyl (C=O) groups excluding carboxylic acids is 1. The fraction of sp³-hybridized carbons (Fsp3) is 0.500. The zero-order valence-electron chi connectivity index (χ0n) is 23.0. The van der Waals surface area contributed by atoms with Crippen LogP contribution < -0.4 is 9.47 Å². The summed E-state index contributed by atoms with van der Waals surface area (Å²) in [5, 5.41) is 9.22. The van der Waals surface area contributed by atoms with Crippen molar-refractivity contribution >= 4 is 12.1 Å². The molecule has 1 atom stereocenters. The molecule has 15 heteroatoms. The number of hydrogen-bond donors (Lipinski definition) is 1. The zero-order valence-corrected chi connectivity index (χ0v) is 23.0. The van der Waals surface area contributed by atoms with Crippen LogP contribution in [-0.2, 0) is 33.5 Å². The molecule has 1 N–H and O–H groups in total. The molecular formula is C28H30F7NO7. The van der Waals surface area contributed by atoms with Crippen LogP contribution in [0.3, 0.4) is 0 Å². The van der Waals surface area contributed by atoms with Gasteiger partial charge in [-0.3, -0.25) is 0 Å². The molecule has 0 saturated carbocycles. The van der Waals surface area contributed by atoms with Crippen molar-refractivity contribution in [3.8, 4) is 11.5 Å². The fourth-order valence-corrected chi connectivity index (χ4v) is 4.24. The Balaban J connectivity index is 1.63. The molecule has 8 nitrogen and oxygen atoms in total. The maximum Gasteiger partial charge on any atom is 0.462 e. The number of aryl methyl sites for hydroxylation is 2. The Bertz CT molecular complexity index is 1240. The lowest BCUT2D eigenvalue weighted by Gasteiger charge is -2.28. The van der Waals surface area contributed by atoms with Crippen LogP contribution in [0.4, 0.5) is 35.5 Å². The molecule has 0 aliphatic heterocycles. The van der Waals surface area contributed by atoms with E-state index in [0.29, 0.717) is 5.56 Å². The van der Waals surface area contributed by atoms with E-state index < -0.39 is 49.5 Å². The minimum atomic E-state index is -6.57. The summed E-state index contributed by atoms with van der Waals surface area (Å²) in [6, 6.07) is 11.1. The van der Waals surface area contributed by atoms with Crippen molar-refractivity contribution in [3.63, 3.8) is 0 Å². The van der Waals surface area contributed by atoms with Gasteiger partial charge in [-0.2, -0.15) is 30.7 Å². The van der Waals surface area contributed by atoms with Crippen molar-refractivity contribution in [2.75, 3.05) is 32.9 Å². The smallest absolute Gasteiger partial charge is 0.462 e. The highest BCUT2D eigenvalue weighted by Crippen LogP contribution is 2.46. The first-order chi connectivity index (χ1) is 20.1. The van der Waals surface area contributed by atoms with Crippen molar-refractivity contribution in [1.29, 1.82) is 0 Å². The van der Waals surface area contributed by atoms with Crippen molar-refractivity contribution in [2.24, 2.45) is 0 Å². The van der Waals surface area contributed by atoms with Gasteiger partial charge in [0.2, 0.25) is 0 Å². The average Bonchev–Trinajstić information content (AvgIpc) is 3.40. The third-order valence-electron chi connectivity index (χ3n) is 6.52. The molecule has 0 fully saturated rings. The van der Waals surface area contributed by atoms with E-state index in [-0.39, 0.29) is 37.7 Å². The summed E-state index contributed by atoms with van der Waals surface area (Å²) in [6.45, 7) is -0.947. The van der Waals surface area contributed by atoms with Gasteiger partial charge in [-0.05, 0) is 67.1 Å². The molecule has 0 aromatic heterocycles. The highest BCUT2D eigenvalue weighted by Gasteiger charge is 2.74. The Morgan fingerprint density at radius 3 is 2.16 bits per heavy atom. The molecule has 0 bridgehead atoms. The van der Waals surface area contributed by atoms with Crippen molar-refractivity contribution in [2.45, 2.75) is 56.9 Å². The van der Waals surface area contributed by atoms with E-state index in [1.807, 2.05) is 0 Å². The van der Waals surface area contributed by atoms with Gasteiger partial charge >= 0.3 is 30.3 Å². The SMILES string of the molecule is CCOC(Cc1ccc(OCCN(CCOC(F)(F)C(F)(F)C(F)(F)F)C(=O)Oc2ccc3c(c2)CCC3)cc1)C(=O)O. The molecule has 0 spiro atoms. The zero-order chi connectivity index (χ0) is 31.8. The lowest BCUT2D eigenvalue weighted by molar-refractivity contribution is -0.423. The molecule has 1 aliphatic carbocycles. The van der Waals surface area contributed by atoms with Gasteiger partial charge in [0.15, 0.2) is 6.10 Å². The molecule has 1 unspecified atom stereocenters. The van der Waals surface area contributed by atoms with Crippen LogP contribution in [-0.4, -0.2) is 79.3 Å². The van der Waals surface area contributed by atoms with Gasteiger partial charge in [0.25, 0.3) is 0 Å². The van der Waals surface area contributed by atoms with Crippen molar-refractivity contribution < 1.29 is 64.4 Å². The molecule has 1 amide bonds. The van der Waals surface area contributed by atoms with Gasteiger partial charge in [0, 0.05) is 19.6 Å². The van der Waals surface area contributed by atoms with E-state index in [0.717, 1.165) is 35.3 Å². The first-order valence-electron chi connectivity index (χ1n) is 13.3. The van der Waals surface area contributed by atoms with E-state index in [1.54, 1.807) is 31.2 Å². The fourth-order valence-electron chi connectivity index (χ4n) is 4.24. The minimum Gasteiger partial charge on any atom is -0.492 e. The number of aliphatic carboxylic acids is 1. The molecule has 43 heavy (non-hydrogen) atoms. The Kier molecular flexibility index (Phi) is 11.2. The second kappa shape index (κ2) is 14.3. The number of hydrogen-bond acceptors (Lipinski definition) is 6. The third-order valence-corrected chi connectivity index (χ3v) is 6.52. The number of amides is 1. The Hall–Kier alpha value is -3.59. The predicted molar refractivity (Wildman–Crippen MR) is 137 cm³/mol. The van der Waals surface area contributed by atoms with Gasteiger partial charge in [-0.15, -0.1) is 0 Å². The van der Waals surface area contributed by atoms with E-state index in [2.05, 4.69) is 4.74 Å². The number of carboxylic acid groups (broad SMARTS) is 1. The molecule has 3 rings (SSSR count). The largest absolute Gasteiger partial charge is 0.492 e. The van der Waals surface area contributed by atoms with Crippen LogP contribution in [0.1, 0.15) is 30.0 Å². The number of fused-ring (bicyclic) bond motifs is 1. The second-order valence-corrected chi connectivity index (χ2v) is 9.56. The molecule has 2 aromatic rings. The topological polar surface area (TPSA) is 94.5 Å². The second-order valence-electron chi connectivity index (χ2n) is 9.56. The molecule has 0 radical (unpaired) electrons. The minimum absolute atomic E-state index is 0.0871. The number of nitrogens with zero attached hydrogens (tertiary/aromatic N) is 1. The summed E-state index contributed by atoms with van der Waals surface area (Å²) < 4.78 is 110. The van der Waals surface area contributed by atoms with E-state index in [4.69, 9.17) is 14.2 Å². The van der Waals surface area contributed by atoms with Crippen LogP contribution in [0.5, 0.6) is 11.5 Å². The summed E-state index contributed by atoms with van der Waals surface area (Å²) in [4.78, 5) is 24.9. The van der Waals surface area contributed by atoms with Crippen LogP contribution in [0.2, 0.25) is 0 Å². The van der Waals surface area contributed by atoms with Gasteiger partial charge in [0.1, 0.15) is 18.1 Å². The number of ether oxygens (including phenoxy) is 4. The number of carbonyl (C=O) groups is 2. The van der Waals surface area contributed by atoms with Crippen molar-refractivity contribution in [1.82, 2.24) is 4.90 Å². The van der Waals surface area contributed by atoms with Crippen LogP contribution in [0, 0.1) is 0 Å². The number of halogens is 7. The van der Waals surface area contributed by atoms with E-state index in [1.165, 1.54) is 18.2 Å². The summed E-state index contributed by atoms with van der Waals surface area (Å²) in [5.41, 5.74) is 2.66. The van der Waals surface area contributed by atoms with Crippen LogP contribution in [0.15, 0.2) is 42.5 Å². The van der Waals surface area contributed by atoms with Gasteiger partial charge < -0.3 is 29.0 Å². The number of carboxylic acids is 1. The molecule has 2 aromatic carbocycles. The third kappa shape index (κ3) is 8.95. The number of benzene rings is 2. The Labute approximate surface area is 242 Å². The maximum atomic E-state index is 13.6. The summed E-state index contributed by atoms with van der Waals surface area (Å²) in [5.74, 6) is -7.17. The highest BCUT2D eigenvalue weighted by molar-refractivity contribution is 5.72. The van der Waals surface area contributed by atoms with E-state index in [9.17, 15) is 45.4 Å². The first-order valence-corrected chi connectivity index (χ1v) is 13.3. The number of rotatable bonds is 15. The summed E-state index contributed by atoms with van der Waals surface area (Å²) in [6.07, 6.45) is -12.0. The first kappa shape index (κ1) is 33.9. The van der Waals surface area contributed by atoms with Gasteiger partial charge in [-0.25, -0.2) is 9.59 Å². The quantitative estimate of drug-likeness (QED) is 0.247. The Morgan fingerprint density at radius 2 is 1.53 bits per heavy atom. The molecule has 0 saturated heterocycles. The highest BCUT2D eigenvalue weighted by atomic mass is 19.4. The summed E-state index contributed by atoms with van der Waals surface area (Å²) >= 11 is 0. The molecule has 1 aliphatic rings. The van der Waals surface area contributed by atoms with Gasteiger partial charge in [-0.1, -0.05) is 18.2 Å². The Morgan fingerprint density at radius 1 is 0.907 bits per heavy atom. The van der Waals surface area contributed by atoms with Crippen molar-refractivity contribution in [3.05, 3.63) is 59.2 Å². The monoisotopic (exact) mass is 625 g/mol. The van der Waals surface area contributed by atoms with E-state index >= 15 is 0 Å². The molecule has 238 valence electrons. The van der Waals surface area contributed by atoms with Crippen LogP contribution >= 0.6 is 0 Å².